The number of methoxy groups -OCH3 is 1. The van der Waals surface area contributed by atoms with Crippen LogP contribution in [0.5, 0.6) is 29.3 Å². The molecule has 11 aliphatic rings. The van der Waals surface area contributed by atoms with Crippen LogP contribution in [0.1, 0.15) is 136 Å². The van der Waals surface area contributed by atoms with E-state index in [9.17, 15) is 19.2 Å². The first-order valence-electron chi connectivity index (χ1n) is 43.3. The Balaban J connectivity index is 0.000000114. The summed E-state index contributed by atoms with van der Waals surface area (Å²) in [6.07, 6.45) is 21.0. The summed E-state index contributed by atoms with van der Waals surface area (Å²) in [5.41, 5.74) is 8.61. The molecule has 20 rings (SSSR count). The quantitative estimate of drug-likeness (QED) is 0.0743. The van der Waals surface area contributed by atoms with E-state index in [1.807, 2.05) is 142 Å². The zero-order valence-electron chi connectivity index (χ0n) is 69.6. The molecule has 11 aliphatic heterocycles. The van der Waals surface area contributed by atoms with Gasteiger partial charge in [-0.25, -0.2) is 34.9 Å². The summed E-state index contributed by atoms with van der Waals surface area (Å²) in [6.45, 7) is 18.7. The predicted octanol–water partition coefficient (Wildman–Crippen LogP) is 11.3. The molecular formula is C93H111N17O10. The van der Waals surface area contributed by atoms with E-state index in [2.05, 4.69) is 88.6 Å². The van der Waals surface area contributed by atoms with E-state index in [0.717, 1.165) is 182 Å². The second-order valence-electron chi connectivity index (χ2n) is 33.7. The SMILES string of the molecule is COc1ccc2cccnc2c1C(=O)N1C2CCC1C(COc1ccccn1)C2.Cc1ccc(N2CCN(C)CC2)c(C(=O)N2C3CCC2C(COc2ccccn2)C3)n1.Cc1ccc(N2CCNCC2)c(C(=O)N2C3CCC2C(COc2ccccn2)C3)n1.Cc1ccc(N2CCOCC2)c(C(=O)N2C3CCC2C(COc2ccccn2)C3)n1. The molecule has 11 saturated heterocycles. The van der Waals surface area contributed by atoms with Gasteiger partial charge in [0.2, 0.25) is 23.5 Å². The number of benzene rings is 1. The Morgan fingerprint density at radius 1 is 0.392 bits per heavy atom. The highest BCUT2D eigenvalue weighted by Gasteiger charge is 2.54. The minimum Gasteiger partial charge on any atom is -0.496 e. The third-order valence-corrected chi connectivity index (χ3v) is 26.4. The van der Waals surface area contributed by atoms with Gasteiger partial charge in [0.25, 0.3) is 23.6 Å². The molecule has 1 aromatic carbocycles. The number of amides is 4. The van der Waals surface area contributed by atoms with Gasteiger partial charge in [-0.1, -0.05) is 30.3 Å². The Labute approximate surface area is 702 Å². The van der Waals surface area contributed by atoms with Crippen LogP contribution in [0.25, 0.3) is 10.9 Å². The van der Waals surface area contributed by atoms with Crippen molar-refractivity contribution in [3.05, 3.63) is 204 Å². The number of morpholine rings is 1. The number of carbonyl (C=O) groups excluding carboxylic acids is 4. The van der Waals surface area contributed by atoms with E-state index in [1.165, 1.54) is 0 Å². The molecule has 0 aliphatic carbocycles. The first-order valence-corrected chi connectivity index (χ1v) is 43.3. The number of rotatable bonds is 20. The standard InChI is InChI=1S/C24H31N5O2.C23H29N5O2.C23H28N4O3.C23H23N3O3/c1-17-6-8-21(28-13-11-27(2)12-14-28)23(26-17)24(30)29-19-7-9-20(29)18(15-19)16-31-22-5-3-4-10-25-22;1-16-5-7-20(27-12-10-24-11-13-27)22(26-16)23(29)28-18-6-8-19(28)17(14-18)15-30-21-4-2-3-9-25-21;1-16-5-7-20(26-10-12-29-13-11-26)22(25-16)23(28)27-18-6-8-19(27)17(14-18)15-30-21-4-2-3-9-24-21;1-28-19-10-7-15-5-4-12-25-22(15)21(19)23(27)26-17-8-9-18(26)16(13-17)14-29-20-6-2-3-11-24-20/h3-6,8,10,18-20H,7,9,11-16H2,1-2H3;2-5,7,9,17-19,24H,6,8,10-15H2,1H3;2-5,7,9,17-19H,6,8,10-15H2,1H3;2-7,10-12,16-18H,8-9,13-14H2,1H3. The fourth-order valence-corrected chi connectivity index (χ4v) is 20.6. The monoisotopic (exact) mass is 1630 g/mol. The van der Waals surface area contributed by atoms with Crippen molar-refractivity contribution in [3.63, 3.8) is 0 Å². The van der Waals surface area contributed by atoms with Crippen LogP contribution in [0.2, 0.25) is 0 Å². The normalized spacial score (nSPS) is 25.0. The van der Waals surface area contributed by atoms with Gasteiger partial charge in [-0.3, -0.25) is 24.2 Å². The minimum atomic E-state index is 0.0130. The van der Waals surface area contributed by atoms with Crippen molar-refractivity contribution in [2.24, 2.45) is 23.7 Å². The van der Waals surface area contributed by atoms with Gasteiger partial charge in [0, 0.05) is 215 Å². The first kappa shape index (κ1) is 81.2. The van der Waals surface area contributed by atoms with Crippen molar-refractivity contribution in [3.8, 4) is 29.3 Å². The topological polar surface area (TPSA) is 265 Å². The number of nitrogens with one attached hydrogen (secondary N) is 1. The van der Waals surface area contributed by atoms with Crippen LogP contribution in [0.15, 0.2) is 164 Å². The molecule has 628 valence electrons. The molecule has 4 amide bonds. The van der Waals surface area contributed by atoms with Crippen LogP contribution in [-0.2, 0) is 4.74 Å². The predicted molar refractivity (Wildman–Crippen MR) is 456 cm³/mol. The molecule has 8 aromatic heterocycles. The number of fused-ring (bicyclic) bond motifs is 9. The van der Waals surface area contributed by atoms with E-state index in [0.29, 0.717) is 121 Å². The molecule has 8 bridgehead atoms. The number of anilines is 3. The van der Waals surface area contributed by atoms with E-state index in [4.69, 9.17) is 43.4 Å². The summed E-state index contributed by atoms with van der Waals surface area (Å²) >= 11 is 0. The van der Waals surface area contributed by atoms with Crippen molar-refractivity contribution in [2.45, 2.75) is 146 Å². The Bertz CT molecular complexity index is 4860. The van der Waals surface area contributed by atoms with E-state index in [-0.39, 0.29) is 72.0 Å². The molecule has 12 atom stereocenters. The fraction of sp³-hybridized carbons (Fsp3) is 0.484. The molecule has 12 unspecified atom stereocenters. The summed E-state index contributed by atoms with van der Waals surface area (Å²) in [6, 6.07) is 44.6. The number of aromatic nitrogens is 8. The minimum absolute atomic E-state index is 0.0130. The van der Waals surface area contributed by atoms with Crippen LogP contribution in [-0.4, -0.2) is 256 Å². The maximum absolute atomic E-state index is 13.8. The van der Waals surface area contributed by atoms with Crippen LogP contribution in [0.3, 0.4) is 0 Å². The van der Waals surface area contributed by atoms with E-state index < -0.39 is 0 Å². The van der Waals surface area contributed by atoms with Gasteiger partial charge in [0.05, 0.1) is 69.3 Å². The van der Waals surface area contributed by atoms with Crippen molar-refractivity contribution in [2.75, 3.05) is 134 Å². The van der Waals surface area contributed by atoms with Crippen LogP contribution in [0, 0.1) is 44.4 Å². The maximum Gasteiger partial charge on any atom is 0.275 e. The van der Waals surface area contributed by atoms with Gasteiger partial charge in [-0.15, -0.1) is 0 Å². The fourth-order valence-electron chi connectivity index (χ4n) is 20.6. The molecule has 1 N–H and O–H groups in total. The molecule has 27 nitrogen and oxygen atoms in total. The molecule has 9 aromatic rings. The Hall–Kier alpha value is -11.2. The summed E-state index contributed by atoms with van der Waals surface area (Å²) in [4.78, 5) is 108. The average molecular weight is 1630 g/mol. The lowest BCUT2D eigenvalue weighted by Crippen LogP contribution is -2.46. The molecule has 0 saturated carbocycles. The molecule has 11 fully saturated rings. The average Bonchev–Trinajstić information content (AvgIpc) is 1.59. The largest absolute Gasteiger partial charge is 0.496 e. The summed E-state index contributed by atoms with van der Waals surface area (Å²) < 4.78 is 34.7. The zero-order chi connectivity index (χ0) is 82.2. The lowest BCUT2D eigenvalue weighted by Gasteiger charge is -2.35. The number of ether oxygens (including phenoxy) is 6. The first-order chi connectivity index (χ1) is 58.8. The summed E-state index contributed by atoms with van der Waals surface area (Å²) in [5, 5.41) is 4.32. The molecule has 0 spiro atoms. The van der Waals surface area contributed by atoms with Gasteiger partial charge in [0.15, 0.2) is 17.1 Å². The van der Waals surface area contributed by atoms with Crippen LogP contribution >= 0.6 is 0 Å². The van der Waals surface area contributed by atoms with Crippen molar-refractivity contribution in [1.29, 1.82) is 0 Å². The Morgan fingerprint density at radius 3 is 1.12 bits per heavy atom. The Morgan fingerprint density at radius 2 is 0.750 bits per heavy atom. The maximum atomic E-state index is 13.8. The summed E-state index contributed by atoms with van der Waals surface area (Å²) in [5.74, 6) is 4.76. The lowest BCUT2D eigenvalue weighted by molar-refractivity contribution is 0.0695. The lowest BCUT2D eigenvalue weighted by atomic mass is 9.90. The number of hydrogen-bond acceptors (Lipinski definition) is 23. The highest BCUT2D eigenvalue weighted by Crippen LogP contribution is 2.48. The van der Waals surface area contributed by atoms with E-state index in [1.54, 1.807) is 38.1 Å². The van der Waals surface area contributed by atoms with Crippen molar-refractivity contribution < 1.29 is 47.6 Å². The van der Waals surface area contributed by atoms with Gasteiger partial charge in [0.1, 0.15) is 11.3 Å². The summed E-state index contributed by atoms with van der Waals surface area (Å²) in [7, 11) is 3.74. The zero-order valence-corrected chi connectivity index (χ0v) is 69.6. The van der Waals surface area contributed by atoms with Crippen LogP contribution < -0.4 is 43.7 Å². The molecule has 0 radical (unpaired) electrons. The van der Waals surface area contributed by atoms with Crippen LogP contribution in [0.4, 0.5) is 17.1 Å². The van der Waals surface area contributed by atoms with Gasteiger partial charge in [-0.2, -0.15) is 0 Å². The number of carbonyl (C=O) groups is 4. The Kier molecular flexibility index (Phi) is 25.2. The number of aryl methyl sites for hydroxylation is 3. The number of piperazine rings is 2. The molecule has 120 heavy (non-hydrogen) atoms. The number of nitrogens with zero attached hydrogens (tertiary/aromatic N) is 16. The highest BCUT2D eigenvalue weighted by molar-refractivity contribution is 6.08. The number of hydrogen-bond donors (Lipinski definition) is 1. The second-order valence-corrected chi connectivity index (χ2v) is 33.7. The van der Waals surface area contributed by atoms with Gasteiger partial charge < -0.3 is 72.9 Å². The highest BCUT2D eigenvalue weighted by atomic mass is 16.5. The molecular weight excluding hydrogens is 1520 g/mol. The number of likely N-dealkylation sites (N-methyl/N-ethyl adjacent to an activating group) is 1. The second kappa shape index (κ2) is 37.2. The third kappa shape index (κ3) is 17.7. The van der Waals surface area contributed by atoms with E-state index >= 15 is 0 Å². The van der Waals surface area contributed by atoms with Crippen molar-refractivity contribution in [1.82, 2.24) is 69.7 Å². The number of pyridine rings is 8. The van der Waals surface area contributed by atoms with Gasteiger partial charge >= 0.3 is 0 Å². The van der Waals surface area contributed by atoms with Crippen molar-refractivity contribution >= 4 is 51.6 Å². The molecule has 27 heteroatoms. The molecule has 19 heterocycles. The van der Waals surface area contributed by atoms with Gasteiger partial charge in [-0.05, 0) is 184 Å². The smallest absolute Gasteiger partial charge is 0.275 e. The third-order valence-electron chi connectivity index (χ3n) is 26.4.